The minimum atomic E-state index is -0.693. The summed E-state index contributed by atoms with van der Waals surface area (Å²) in [4.78, 5) is 39.0. The van der Waals surface area contributed by atoms with Crippen molar-refractivity contribution < 1.29 is 61.3 Å². The summed E-state index contributed by atoms with van der Waals surface area (Å²) in [5.41, 5.74) is 0. The summed E-state index contributed by atoms with van der Waals surface area (Å²) in [6.07, 6.45) is 8.33. The van der Waals surface area contributed by atoms with Crippen molar-refractivity contribution in [1.29, 1.82) is 0 Å². The number of aliphatic carboxylic acids is 4. The topological polar surface area (TPSA) is 149 Å². The first-order valence-corrected chi connectivity index (χ1v) is 9.95. The van der Waals surface area contributed by atoms with Crippen molar-refractivity contribution in [2.45, 2.75) is 105 Å². The monoisotopic (exact) mass is 456 g/mol. The molecule has 0 atom stereocenters. The van der Waals surface area contributed by atoms with Crippen molar-refractivity contribution in [3.8, 4) is 0 Å². The van der Waals surface area contributed by atoms with Crippen molar-refractivity contribution in [3.05, 3.63) is 0 Å². The van der Waals surface area contributed by atoms with Crippen molar-refractivity contribution in [3.63, 3.8) is 0 Å². The van der Waals surface area contributed by atoms with Crippen LogP contribution in [-0.2, 0) is 40.9 Å². The zero-order chi connectivity index (χ0) is 22.8. The number of carboxylic acids is 4. The van der Waals surface area contributed by atoms with Crippen LogP contribution in [0.1, 0.15) is 105 Å². The van der Waals surface area contributed by atoms with E-state index in [1.807, 2.05) is 27.7 Å². The third-order valence-electron chi connectivity index (χ3n) is 2.98. The molecule has 9 heteroatoms. The molecule has 0 aromatic rings. The fraction of sp³-hybridized carbons (Fsp3) is 0.800. The predicted octanol–water partition coefficient (Wildman–Crippen LogP) is 5.04. The van der Waals surface area contributed by atoms with Crippen molar-refractivity contribution in [2.75, 3.05) is 0 Å². The predicted molar refractivity (Wildman–Crippen MR) is 109 cm³/mol. The average molecular weight is 456 g/mol. The second-order valence-electron chi connectivity index (χ2n) is 5.99. The maximum atomic E-state index is 9.76. The van der Waals surface area contributed by atoms with Crippen LogP contribution in [0.15, 0.2) is 0 Å². The van der Waals surface area contributed by atoms with Crippen LogP contribution >= 0.6 is 0 Å². The molecule has 29 heavy (non-hydrogen) atoms. The molecule has 0 aliphatic heterocycles. The van der Waals surface area contributed by atoms with E-state index in [2.05, 4.69) is 0 Å². The molecule has 0 unspecified atom stereocenters. The Morgan fingerprint density at radius 1 is 0.448 bits per heavy atom. The van der Waals surface area contributed by atoms with Gasteiger partial charge in [-0.15, -0.1) is 0 Å². The Morgan fingerprint density at radius 3 is 0.621 bits per heavy atom. The first-order chi connectivity index (χ1) is 13.1. The van der Waals surface area contributed by atoms with Gasteiger partial charge in [-0.2, -0.15) is 0 Å². The summed E-state index contributed by atoms with van der Waals surface area (Å²) in [5.74, 6) is -2.77. The number of carboxylic acid groups (broad SMARTS) is 4. The maximum Gasteiger partial charge on any atom is 0.303 e. The molecule has 8 nitrogen and oxygen atoms in total. The molecule has 0 rings (SSSR count). The molecule has 0 heterocycles. The van der Waals surface area contributed by atoms with Crippen LogP contribution in [0.5, 0.6) is 0 Å². The Bertz CT molecular complexity index is 315. The Labute approximate surface area is 190 Å². The fourth-order valence-corrected chi connectivity index (χ4v) is 1.31. The first-order valence-electron chi connectivity index (χ1n) is 9.95. The van der Waals surface area contributed by atoms with Crippen LogP contribution in [0.25, 0.3) is 0 Å². The summed E-state index contributed by atoms with van der Waals surface area (Å²) < 4.78 is 0. The van der Waals surface area contributed by atoms with E-state index in [1.165, 1.54) is 0 Å². The largest absolute Gasteiger partial charge is 0.481 e. The maximum absolute atomic E-state index is 9.76. The van der Waals surface area contributed by atoms with Crippen molar-refractivity contribution in [1.82, 2.24) is 0 Å². The number of hydrogen-bond acceptors (Lipinski definition) is 4. The molecule has 4 N–H and O–H groups in total. The van der Waals surface area contributed by atoms with Crippen molar-refractivity contribution in [2.24, 2.45) is 0 Å². The van der Waals surface area contributed by atoms with E-state index >= 15 is 0 Å². The minimum absolute atomic E-state index is 0. The van der Waals surface area contributed by atoms with Gasteiger partial charge in [0, 0.05) is 47.4 Å². The molecular formula is C20H40O8Ti. The molecule has 0 saturated carbocycles. The SMILES string of the molecule is CCCCC(=O)O.CCCCC(=O)O.CCCCC(=O)O.CCCCC(=O)O.[Ti]. The van der Waals surface area contributed by atoms with Gasteiger partial charge in [-0.25, -0.2) is 0 Å². The molecule has 0 aliphatic rings. The third kappa shape index (κ3) is 75.5. The van der Waals surface area contributed by atoms with Gasteiger partial charge >= 0.3 is 23.9 Å². The van der Waals surface area contributed by atoms with E-state index in [4.69, 9.17) is 20.4 Å². The van der Waals surface area contributed by atoms with E-state index in [0.717, 1.165) is 51.4 Å². The van der Waals surface area contributed by atoms with Crippen LogP contribution in [0.2, 0.25) is 0 Å². The Balaban J connectivity index is -0.0000000873. The summed E-state index contributed by atoms with van der Waals surface area (Å²) in [7, 11) is 0. The van der Waals surface area contributed by atoms with E-state index in [-0.39, 0.29) is 21.7 Å². The molecule has 0 spiro atoms. The summed E-state index contributed by atoms with van der Waals surface area (Å²) in [5, 5.41) is 32.2. The zero-order valence-corrected chi connectivity index (χ0v) is 20.0. The van der Waals surface area contributed by atoms with Gasteiger partial charge in [0.05, 0.1) is 0 Å². The van der Waals surface area contributed by atoms with Gasteiger partial charge < -0.3 is 20.4 Å². The Kier molecular flexibility index (Phi) is 45.0. The van der Waals surface area contributed by atoms with Crippen LogP contribution < -0.4 is 0 Å². The molecule has 0 radical (unpaired) electrons. The molecule has 0 amide bonds. The van der Waals surface area contributed by atoms with E-state index in [9.17, 15) is 19.2 Å². The van der Waals surface area contributed by atoms with E-state index in [0.29, 0.717) is 25.7 Å². The standard InChI is InChI=1S/4C5H10O2.Ti/c4*1-2-3-4-5(6)7;/h4*2-4H2,1H3,(H,6,7);. The summed E-state index contributed by atoms with van der Waals surface area (Å²) in [6, 6.07) is 0. The van der Waals surface area contributed by atoms with Gasteiger partial charge in [0.2, 0.25) is 0 Å². The second-order valence-corrected chi connectivity index (χ2v) is 5.99. The second kappa shape index (κ2) is 34.1. The van der Waals surface area contributed by atoms with Crippen LogP contribution in [-0.4, -0.2) is 44.3 Å². The molecular weight excluding hydrogens is 416 g/mol. The zero-order valence-electron chi connectivity index (χ0n) is 18.4. The molecule has 0 aliphatic carbocycles. The van der Waals surface area contributed by atoms with E-state index in [1.54, 1.807) is 0 Å². The van der Waals surface area contributed by atoms with E-state index < -0.39 is 23.9 Å². The van der Waals surface area contributed by atoms with Gasteiger partial charge in [0.1, 0.15) is 0 Å². The molecule has 0 fully saturated rings. The Morgan fingerprint density at radius 2 is 0.586 bits per heavy atom. The molecule has 172 valence electrons. The van der Waals surface area contributed by atoms with Crippen molar-refractivity contribution >= 4 is 23.9 Å². The molecule has 0 aromatic carbocycles. The van der Waals surface area contributed by atoms with Crippen LogP contribution in [0, 0.1) is 0 Å². The third-order valence-corrected chi connectivity index (χ3v) is 2.98. The molecule has 0 saturated heterocycles. The van der Waals surface area contributed by atoms with Gasteiger partial charge in [-0.1, -0.05) is 53.4 Å². The van der Waals surface area contributed by atoms with Gasteiger partial charge in [-0.3, -0.25) is 19.2 Å². The van der Waals surface area contributed by atoms with Gasteiger partial charge in [-0.05, 0) is 25.7 Å². The number of unbranched alkanes of at least 4 members (excludes halogenated alkanes) is 4. The normalized spacial score (nSPS) is 8.41. The number of hydrogen-bond donors (Lipinski definition) is 4. The fourth-order valence-electron chi connectivity index (χ4n) is 1.31. The summed E-state index contributed by atoms with van der Waals surface area (Å²) >= 11 is 0. The van der Waals surface area contributed by atoms with Crippen LogP contribution in [0.3, 0.4) is 0 Å². The molecule has 0 bridgehead atoms. The number of carbonyl (C=O) groups is 4. The van der Waals surface area contributed by atoms with Gasteiger partial charge in [0.15, 0.2) is 0 Å². The Hall–Kier alpha value is -1.41. The number of rotatable bonds is 12. The minimum Gasteiger partial charge on any atom is -0.481 e. The first kappa shape index (κ1) is 38.2. The smallest absolute Gasteiger partial charge is 0.303 e. The van der Waals surface area contributed by atoms with Crippen LogP contribution in [0.4, 0.5) is 0 Å². The van der Waals surface area contributed by atoms with Gasteiger partial charge in [0.25, 0.3) is 0 Å². The molecule has 0 aromatic heterocycles. The summed E-state index contributed by atoms with van der Waals surface area (Å²) in [6.45, 7) is 7.90. The average Bonchev–Trinajstić information content (AvgIpc) is 2.62. The quantitative estimate of drug-likeness (QED) is 0.298.